The third kappa shape index (κ3) is 7.60. The first-order valence-corrected chi connectivity index (χ1v) is 11.3. The van der Waals surface area contributed by atoms with Crippen molar-refractivity contribution in [3.63, 3.8) is 0 Å². The van der Waals surface area contributed by atoms with E-state index in [4.69, 9.17) is 14.2 Å². The highest BCUT2D eigenvalue weighted by Gasteiger charge is 2.19. The van der Waals surface area contributed by atoms with Crippen LogP contribution in [0, 0.1) is 0 Å². The molecule has 0 aliphatic carbocycles. The zero-order valence-electron chi connectivity index (χ0n) is 19.7. The number of hydrogen-bond acceptors (Lipinski definition) is 6. The van der Waals surface area contributed by atoms with E-state index >= 15 is 0 Å². The Morgan fingerprint density at radius 3 is 2.03 bits per heavy atom. The van der Waals surface area contributed by atoms with E-state index in [1.807, 2.05) is 49.4 Å². The number of benzene rings is 3. The van der Waals surface area contributed by atoms with Gasteiger partial charge >= 0.3 is 5.97 Å². The number of nitrogens with one attached hydrogen (secondary N) is 2. The summed E-state index contributed by atoms with van der Waals surface area (Å²) in [6.07, 6.45) is -0.375. The molecule has 3 aromatic rings. The third-order valence-electron chi connectivity index (χ3n) is 4.96. The summed E-state index contributed by atoms with van der Waals surface area (Å²) in [6.45, 7) is 3.50. The van der Waals surface area contributed by atoms with E-state index < -0.39 is 23.9 Å². The van der Waals surface area contributed by atoms with Gasteiger partial charge in [-0.2, -0.15) is 0 Å². The van der Waals surface area contributed by atoms with Crippen LogP contribution in [0.25, 0.3) is 11.1 Å². The van der Waals surface area contributed by atoms with Crippen LogP contribution in [0.3, 0.4) is 0 Å². The fraction of sp³-hybridized carbons (Fsp3) is 0.222. The molecule has 0 aliphatic heterocycles. The molecule has 0 saturated heterocycles. The van der Waals surface area contributed by atoms with Gasteiger partial charge in [0.05, 0.1) is 12.2 Å². The number of ether oxygens (including phenoxy) is 3. The van der Waals surface area contributed by atoms with E-state index in [1.165, 1.54) is 0 Å². The Morgan fingerprint density at radius 2 is 1.40 bits per heavy atom. The van der Waals surface area contributed by atoms with Crippen LogP contribution in [0.5, 0.6) is 11.5 Å². The lowest BCUT2D eigenvalue weighted by atomic mass is 10.1. The SMILES string of the molecule is CCOC(=O)c1ccc(OCC(=O)NNC(=O)C(CC)Oc2ccc(-c3ccccc3)cc2)cc1. The lowest BCUT2D eigenvalue weighted by Gasteiger charge is -2.18. The van der Waals surface area contributed by atoms with Gasteiger partial charge in [0.15, 0.2) is 12.7 Å². The minimum absolute atomic E-state index is 0.285. The third-order valence-corrected chi connectivity index (χ3v) is 4.96. The van der Waals surface area contributed by atoms with Gasteiger partial charge in [0.25, 0.3) is 11.8 Å². The van der Waals surface area contributed by atoms with Crippen LogP contribution in [-0.4, -0.2) is 37.1 Å². The van der Waals surface area contributed by atoms with Crippen LogP contribution in [0.4, 0.5) is 0 Å². The van der Waals surface area contributed by atoms with Crippen molar-refractivity contribution in [2.45, 2.75) is 26.4 Å². The number of carbonyl (C=O) groups is 3. The van der Waals surface area contributed by atoms with Crippen molar-refractivity contribution in [1.29, 1.82) is 0 Å². The zero-order chi connectivity index (χ0) is 25.0. The first kappa shape index (κ1) is 25.3. The molecule has 35 heavy (non-hydrogen) atoms. The van der Waals surface area contributed by atoms with Crippen molar-refractivity contribution in [2.24, 2.45) is 0 Å². The molecule has 0 spiro atoms. The largest absolute Gasteiger partial charge is 0.484 e. The molecule has 8 heteroatoms. The molecule has 0 aliphatic rings. The summed E-state index contributed by atoms with van der Waals surface area (Å²) in [6, 6.07) is 23.6. The smallest absolute Gasteiger partial charge is 0.338 e. The van der Waals surface area contributed by atoms with Crippen LogP contribution in [0.15, 0.2) is 78.9 Å². The van der Waals surface area contributed by atoms with Crippen molar-refractivity contribution in [3.8, 4) is 22.6 Å². The highest BCUT2D eigenvalue weighted by molar-refractivity contribution is 5.89. The van der Waals surface area contributed by atoms with E-state index in [0.29, 0.717) is 23.5 Å². The topological polar surface area (TPSA) is 103 Å². The summed E-state index contributed by atoms with van der Waals surface area (Å²) in [4.78, 5) is 36.2. The molecule has 1 atom stereocenters. The number of hydrazine groups is 1. The molecular formula is C27H28N2O6. The van der Waals surface area contributed by atoms with Crippen LogP contribution in [0.1, 0.15) is 30.6 Å². The minimum Gasteiger partial charge on any atom is -0.484 e. The van der Waals surface area contributed by atoms with E-state index in [0.717, 1.165) is 11.1 Å². The first-order chi connectivity index (χ1) is 17.0. The summed E-state index contributed by atoms with van der Waals surface area (Å²) >= 11 is 0. The van der Waals surface area contributed by atoms with Gasteiger partial charge in [0, 0.05) is 0 Å². The quantitative estimate of drug-likeness (QED) is 0.340. The molecular weight excluding hydrogens is 448 g/mol. The second kappa shape index (κ2) is 12.8. The fourth-order valence-electron chi connectivity index (χ4n) is 3.14. The molecule has 0 bridgehead atoms. The Labute approximate surface area is 204 Å². The second-order valence-corrected chi connectivity index (χ2v) is 7.48. The number of rotatable bonds is 10. The monoisotopic (exact) mass is 476 g/mol. The van der Waals surface area contributed by atoms with Crippen molar-refractivity contribution in [1.82, 2.24) is 10.9 Å². The summed E-state index contributed by atoms with van der Waals surface area (Å²) in [5.74, 6) is -0.512. The van der Waals surface area contributed by atoms with Crippen molar-refractivity contribution < 1.29 is 28.6 Å². The van der Waals surface area contributed by atoms with Crippen LogP contribution in [-0.2, 0) is 14.3 Å². The Kier molecular flexibility index (Phi) is 9.24. The van der Waals surface area contributed by atoms with Crippen LogP contribution < -0.4 is 20.3 Å². The number of hydrogen-bond donors (Lipinski definition) is 2. The lowest BCUT2D eigenvalue weighted by molar-refractivity contribution is -0.134. The van der Waals surface area contributed by atoms with Crippen molar-refractivity contribution >= 4 is 17.8 Å². The van der Waals surface area contributed by atoms with Crippen molar-refractivity contribution in [2.75, 3.05) is 13.2 Å². The Morgan fingerprint density at radius 1 is 0.771 bits per heavy atom. The van der Waals surface area contributed by atoms with E-state index in [1.54, 1.807) is 43.3 Å². The molecule has 0 fully saturated rings. The van der Waals surface area contributed by atoms with Crippen LogP contribution in [0.2, 0.25) is 0 Å². The number of esters is 1. The van der Waals surface area contributed by atoms with Gasteiger partial charge in [-0.05, 0) is 60.9 Å². The Hall–Kier alpha value is -4.33. The number of amides is 2. The summed E-state index contributed by atoms with van der Waals surface area (Å²) < 4.78 is 16.1. The maximum absolute atomic E-state index is 12.5. The predicted molar refractivity (Wildman–Crippen MR) is 131 cm³/mol. The van der Waals surface area contributed by atoms with Crippen molar-refractivity contribution in [3.05, 3.63) is 84.4 Å². The molecule has 0 radical (unpaired) electrons. The van der Waals surface area contributed by atoms with Gasteiger partial charge in [0.2, 0.25) is 0 Å². The molecule has 2 amide bonds. The highest BCUT2D eigenvalue weighted by atomic mass is 16.5. The molecule has 182 valence electrons. The molecule has 0 saturated carbocycles. The molecule has 1 unspecified atom stereocenters. The van der Waals surface area contributed by atoms with Gasteiger partial charge in [-0.15, -0.1) is 0 Å². The average Bonchev–Trinajstić information content (AvgIpc) is 2.90. The molecule has 2 N–H and O–H groups in total. The predicted octanol–water partition coefficient (Wildman–Crippen LogP) is 3.91. The summed E-state index contributed by atoms with van der Waals surface area (Å²) in [5.41, 5.74) is 7.19. The maximum atomic E-state index is 12.5. The lowest BCUT2D eigenvalue weighted by Crippen LogP contribution is -2.49. The van der Waals surface area contributed by atoms with E-state index in [-0.39, 0.29) is 13.2 Å². The molecule has 3 rings (SSSR count). The second-order valence-electron chi connectivity index (χ2n) is 7.48. The molecule has 0 aromatic heterocycles. The zero-order valence-corrected chi connectivity index (χ0v) is 19.7. The number of carbonyl (C=O) groups excluding carboxylic acids is 3. The van der Waals surface area contributed by atoms with E-state index in [2.05, 4.69) is 10.9 Å². The standard InChI is InChI=1S/C27H28N2O6/c1-3-24(35-23-16-10-20(11-17-23)19-8-6-5-7-9-19)26(31)29-28-25(30)18-34-22-14-12-21(13-15-22)27(32)33-4-2/h5-17,24H,3-4,18H2,1-2H3,(H,28,30)(H,29,31). The summed E-state index contributed by atoms with van der Waals surface area (Å²) in [5, 5.41) is 0. The van der Waals surface area contributed by atoms with Gasteiger partial charge in [-0.1, -0.05) is 49.4 Å². The average molecular weight is 477 g/mol. The minimum atomic E-state index is -0.783. The van der Waals surface area contributed by atoms with E-state index in [9.17, 15) is 14.4 Å². The van der Waals surface area contributed by atoms with Crippen LogP contribution >= 0.6 is 0 Å². The molecule has 8 nitrogen and oxygen atoms in total. The van der Waals surface area contributed by atoms with Gasteiger partial charge in [-0.25, -0.2) is 4.79 Å². The summed E-state index contributed by atoms with van der Waals surface area (Å²) in [7, 11) is 0. The normalized spacial score (nSPS) is 11.1. The maximum Gasteiger partial charge on any atom is 0.338 e. The Bertz CT molecular complexity index is 1110. The highest BCUT2D eigenvalue weighted by Crippen LogP contribution is 2.23. The fourth-order valence-corrected chi connectivity index (χ4v) is 3.14. The van der Waals surface area contributed by atoms with Gasteiger partial charge < -0.3 is 14.2 Å². The Balaban J connectivity index is 1.44. The molecule has 0 heterocycles. The molecule has 3 aromatic carbocycles. The van der Waals surface area contributed by atoms with Gasteiger partial charge in [0.1, 0.15) is 11.5 Å². The first-order valence-electron chi connectivity index (χ1n) is 11.3. The van der Waals surface area contributed by atoms with Gasteiger partial charge in [-0.3, -0.25) is 20.4 Å².